The Balaban J connectivity index is 1.77. The molecule has 1 nitrogen and oxygen atoms in total. The zero-order chi connectivity index (χ0) is 11.4. The van der Waals surface area contributed by atoms with Crippen LogP contribution in [0, 0.1) is 11.3 Å². The summed E-state index contributed by atoms with van der Waals surface area (Å²) in [4.78, 5) is 0. The molecule has 0 aromatic rings. The van der Waals surface area contributed by atoms with Crippen LogP contribution in [0.1, 0.15) is 58.8 Å². The fourth-order valence-electron chi connectivity index (χ4n) is 2.95. The van der Waals surface area contributed by atoms with Crippen molar-refractivity contribution in [3.63, 3.8) is 0 Å². The van der Waals surface area contributed by atoms with E-state index in [2.05, 4.69) is 19.9 Å². The lowest BCUT2D eigenvalue weighted by molar-refractivity contribution is -0.118. The average Bonchev–Trinajstić information content (AvgIpc) is 2.27. The Kier molecular flexibility index (Phi) is 4.07. The number of unbranched alkanes of at least 4 members (excludes halogenated alkanes) is 2. The van der Waals surface area contributed by atoms with Gasteiger partial charge in [-0.25, -0.2) is 0 Å². The SMILES string of the molecule is CCCCCC(C)C1=CCC2(CC1)COC2. The summed E-state index contributed by atoms with van der Waals surface area (Å²) in [6.45, 7) is 6.73. The van der Waals surface area contributed by atoms with Crippen LogP contribution in [0.15, 0.2) is 11.6 Å². The molecular formula is C15H26O. The van der Waals surface area contributed by atoms with Crippen LogP contribution in [0.4, 0.5) is 0 Å². The Morgan fingerprint density at radius 1 is 1.38 bits per heavy atom. The Morgan fingerprint density at radius 3 is 2.69 bits per heavy atom. The van der Waals surface area contributed by atoms with Crippen molar-refractivity contribution in [2.24, 2.45) is 11.3 Å². The molecule has 0 saturated carbocycles. The minimum atomic E-state index is 0.562. The maximum absolute atomic E-state index is 5.36. The van der Waals surface area contributed by atoms with Crippen LogP contribution in [0.25, 0.3) is 0 Å². The first-order valence-corrected chi connectivity index (χ1v) is 7.02. The summed E-state index contributed by atoms with van der Waals surface area (Å²) in [5.41, 5.74) is 2.29. The number of allylic oxidation sites excluding steroid dienone is 2. The van der Waals surface area contributed by atoms with Gasteiger partial charge in [0, 0.05) is 5.41 Å². The summed E-state index contributed by atoms with van der Waals surface area (Å²) in [6.07, 6.45) is 12.0. The summed E-state index contributed by atoms with van der Waals surface area (Å²) >= 11 is 0. The zero-order valence-electron chi connectivity index (χ0n) is 10.9. The average molecular weight is 222 g/mol. The summed E-state index contributed by atoms with van der Waals surface area (Å²) in [5, 5.41) is 0. The molecule has 1 aliphatic carbocycles. The van der Waals surface area contributed by atoms with Gasteiger partial charge in [0.25, 0.3) is 0 Å². The summed E-state index contributed by atoms with van der Waals surface area (Å²) in [6, 6.07) is 0. The first-order chi connectivity index (χ1) is 7.76. The van der Waals surface area contributed by atoms with Gasteiger partial charge in [-0.2, -0.15) is 0 Å². The van der Waals surface area contributed by atoms with Crippen molar-refractivity contribution in [1.82, 2.24) is 0 Å². The third kappa shape index (κ3) is 2.68. The number of rotatable bonds is 5. The smallest absolute Gasteiger partial charge is 0.0547 e. The van der Waals surface area contributed by atoms with Gasteiger partial charge >= 0.3 is 0 Å². The van der Waals surface area contributed by atoms with E-state index in [4.69, 9.17) is 4.74 Å². The molecular weight excluding hydrogens is 196 g/mol. The number of ether oxygens (including phenoxy) is 1. The largest absolute Gasteiger partial charge is 0.380 e. The van der Waals surface area contributed by atoms with Crippen molar-refractivity contribution in [2.75, 3.05) is 13.2 Å². The first-order valence-electron chi connectivity index (χ1n) is 7.02. The third-order valence-corrected chi connectivity index (χ3v) is 4.43. The molecule has 0 bridgehead atoms. The molecule has 1 heterocycles. The molecule has 2 aliphatic rings. The fraction of sp³-hybridized carbons (Fsp3) is 0.867. The lowest BCUT2D eigenvalue weighted by Gasteiger charge is -2.44. The van der Waals surface area contributed by atoms with Crippen LogP contribution < -0.4 is 0 Å². The molecule has 1 unspecified atom stereocenters. The molecule has 0 aromatic carbocycles. The summed E-state index contributed by atoms with van der Waals surface area (Å²) < 4.78 is 5.36. The van der Waals surface area contributed by atoms with Gasteiger partial charge in [0.1, 0.15) is 0 Å². The minimum absolute atomic E-state index is 0.562. The quantitative estimate of drug-likeness (QED) is 0.497. The fourth-order valence-corrected chi connectivity index (χ4v) is 2.95. The second-order valence-electron chi connectivity index (χ2n) is 5.87. The topological polar surface area (TPSA) is 9.23 Å². The van der Waals surface area contributed by atoms with E-state index in [1.807, 2.05) is 0 Å². The molecule has 1 spiro atoms. The molecule has 1 atom stereocenters. The highest BCUT2D eigenvalue weighted by Gasteiger charge is 2.39. The lowest BCUT2D eigenvalue weighted by Crippen LogP contribution is -2.43. The van der Waals surface area contributed by atoms with Crippen LogP contribution in [-0.2, 0) is 4.74 Å². The van der Waals surface area contributed by atoms with Gasteiger partial charge in [-0.1, -0.05) is 44.8 Å². The van der Waals surface area contributed by atoms with Gasteiger partial charge in [-0.15, -0.1) is 0 Å². The predicted octanol–water partition coefficient (Wildman–Crippen LogP) is 4.33. The second-order valence-corrected chi connectivity index (χ2v) is 5.87. The molecule has 0 amide bonds. The number of hydrogen-bond acceptors (Lipinski definition) is 1. The minimum Gasteiger partial charge on any atom is -0.380 e. The van der Waals surface area contributed by atoms with E-state index in [0.29, 0.717) is 5.41 Å². The van der Waals surface area contributed by atoms with Crippen molar-refractivity contribution in [2.45, 2.75) is 58.8 Å². The molecule has 16 heavy (non-hydrogen) atoms. The first kappa shape index (κ1) is 12.2. The second kappa shape index (κ2) is 5.35. The van der Waals surface area contributed by atoms with Gasteiger partial charge in [0.15, 0.2) is 0 Å². The van der Waals surface area contributed by atoms with E-state index < -0.39 is 0 Å². The molecule has 0 N–H and O–H groups in total. The highest BCUT2D eigenvalue weighted by Crippen LogP contribution is 2.43. The van der Waals surface area contributed by atoms with E-state index in [1.54, 1.807) is 5.57 Å². The van der Waals surface area contributed by atoms with Crippen LogP contribution in [0.5, 0.6) is 0 Å². The maximum Gasteiger partial charge on any atom is 0.0547 e. The van der Waals surface area contributed by atoms with Crippen LogP contribution in [0.2, 0.25) is 0 Å². The van der Waals surface area contributed by atoms with Gasteiger partial charge in [-0.05, 0) is 31.6 Å². The highest BCUT2D eigenvalue weighted by molar-refractivity contribution is 5.13. The molecule has 1 fully saturated rings. The summed E-state index contributed by atoms with van der Waals surface area (Å²) in [7, 11) is 0. The Labute approximate surface area is 100 Å². The monoisotopic (exact) mass is 222 g/mol. The Hall–Kier alpha value is -0.300. The van der Waals surface area contributed by atoms with Crippen molar-refractivity contribution in [1.29, 1.82) is 0 Å². The molecule has 2 rings (SSSR count). The van der Waals surface area contributed by atoms with Crippen LogP contribution in [-0.4, -0.2) is 13.2 Å². The van der Waals surface area contributed by atoms with Crippen molar-refractivity contribution in [3.8, 4) is 0 Å². The van der Waals surface area contributed by atoms with E-state index in [0.717, 1.165) is 19.1 Å². The van der Waals surface area contributed by atoms with Crippen LogP contribution >= 0.6 is 0 Å². The molecule has 1 aliphatic heterocycles. The summed E-state index contributed by atoms with van der Waals surface area (Å²) in [5.74, 6) is 0.824. The molecule has 92 valence electrons. The van der Waals surface area contributed by atoms with Gasteiger partial charge in [-0.3, -0.25) is 0 Å². The van der Waals surface area contributed by atoms with E-state index in [-0.39, 0.29) is 0 Å². The molecule has 0 radical (unpaired) electrons. The molecule has 1 saturated heterocycles. The third-order valence-electron chi connectivity index (χ3n) is 4.43. The van der Waals surface area contributed by atoms with Crippen LogP contribution in [0.3, 0.4) is 0 Å². The normalized spacial score (nSPS) is 25.0. The van der Waals surface area contributed by atoms with Gasteiger partial charge < -0.3 is 4.74 Å². The van der Waals surface area contributed by atoms with Crippen molar-refractivity contribution < 1.29 is 4.74 Å². The Bertz CT molecular complexity index is 250. The molecule has 0 aromatic heterocycles. The highest BCUT2D eigenvalue weighted by atomic mass is 16.5. The standard InChI is InChI=1S/C15H26O/c1-3-4-5-6-13(2)14-7-9-15(10-8-14)11-16-12-15/h7,13H,3-6,8-12H2,1-2H3. The Morgan fingerprint density at radius 2 is 2.19 bits per heavy atom. The van der Waals surface area contributed by atoms with E-state index in [9.17, 15) is 0 Å². The van der Waals surface area contributed by atoms with E-state index in [1.165, 1.54) is 44.9 Å². The van der Waals surface area contributed by atoms with Gasteiger partial charge in [0.2, 0.25) is 0 Å². The molecule has 1 heteroatoms. The zero-order valence-corrected chi connectivity index (χ0v) is 10.9. The predicted molar refractivity (Wildman–Crippen MR) is 68.5 cm³/mol. The number of hydrogen-bond donors (Lipinski definition) is 0. The maximum atomic E-state index is 5.36. The van der Waals surface area contributed by atoms with Crippen molar-refractivity contribution >= 4 is 0 Å². The van der Waals surface area contributed by atoms with Gasteiger partial charge in [0.05, 0.1) is 13.2 Å². The van der Waals surface area contributed by atoms with Crippen molar-refractivity contribution in [3.05, 3.63) is 11.6 Å². The lowest BCUT2D eigenvalue weighted by atomic mass is 9.71. The van der Waals surface area contributed by atoms with E-state index >= 15 is 0 Å².